The third-order valence-electron chi connectivity index (χ3n) is 2.32. The van der Waals surface area contributed by atoms with Gasteiger partial charge in [0.2, 0.25) is 0 Å². The van der Waals surface area contributed by atoms with Crippen LogP contribution in [-0.4, -0.2) is 28.9 Å². The van der Waals surface area contributed by atoms with E-state index < -0.39 is 0 Å². The Morgan fingerprint density at radius 1 is 1.67 bits per heavy atom. The molecule has 0 aliphatic rings. The van der Waals surface area contributed by atoms with Crippen LogP contribution in [0, 0.1) is 0 Å². The number of pyridine rings is 1. The standard InChI is InChI=1S/C10H16N4O/c1-8(10(15)13-11)14(2)7-9-5-3-4-6-12-9/h3-6,8H,7,11H2,1-2H3,(H,13,15). The Kier molecular flexibility index (Phi) is 4.20. The molecular weight excluding hydrogens is 192 g/mol. The van der Waals surface area contributed by atoms with Crippen LogP contribution in [0.15, 0.2) is 24.4 Å². The summed E-state index contributed by atoms with van der Waals surface area (Å²) >= 11 is 0. The van der Waals surface area contributed by atoms with Crippen molar-refractivity contribution in [3.05, 3.63) is 30.1 Å². The quantitative estimate of drug-likeness (QED) is 0.411. The van der Waals surface area contributed by atoms with Crippen LogP contribution in [0.2, 0.25) is 0 Å². The van der Waals surface area contributed by atoms with Crippen molar-refractivity contribution in [2.75, 3.05) is 7.05 Å². The summed E-state index contributed by atoms with van der Waals surface area (Å²) in [4.78, 5) is 17.3. The Balaban J connectivity index is 2.56. The van der Waals surface area contributed by atoms with Crippen molar-refractivity contribution in [1.82, 2.24) is 15.3 Å². The van der Waals surface area contributed by atoms with Gasteiger partial charge in [-0.3, -0.25) is 20.1 Å². The molecule has 1 heterocycles. The van der Waals surface area contributed by atoms with Crippen LogP contribution < -0.4 is 11.3 Å². The normalized spacial score (nSPS) is 12.5. The maximum absolute atomic E-state index is 11.2. The first-order chi connectivity index (χ1) is 7.15. The fraction of sp³-hybridized carbons (Fsp3) is 0.400. The Morgan fingerprint density at radius 2 is 2.40 bits per heavy atom. The minimum Gasteiger partial charge on any atom is -0.293 e. The minimum absolute atomic E-state index is 0.201. The number of hydrazine groups is 1. The van der Waals surface area contributed by atoms with Crippen LogP contribution in [0.25, 0.3) is 0 Å². The van der Waals surface area contributed by atoms with Crippen LogP contribution in [-0.2, 0) is 11.3 Å². The van der Waals surface area contributed by atoms with E-state index >= 15 is 0 Å². The van der Waals surface area contributed by atoms with Crippen LogP contribution in [0.5, 0.6) is 0 Å². The van der Waals surface area contributed by atoms with Gasteiger partial charge in [0.15, 0.2) is 0 Å². The number of carbonyl (C=O) groups excluding carboxylic acids is 1. The lowest BCUT2D eigenvalue weighted by atomic mass is 10.2. The zero-order chi connectivity index (χ0) is 11.3. The molecule has 1 aromatic heterocycles. The number of nitrogens with one attached hydrogen (secondary N) is 1. The molecule has 0 aromatic carbocycles. The molecule has 5 heteroatoms. The van der Waals surface area contributed by atoms with Crippen LogP contribution in [0.1, 0.15) is 12.6 Å². The zero-order valence-electron chi connectivity index (χ0n) is 8.97. The number of rotatable bonds is 4. The molecule has 15 heavy (non-hydrogen) atoms. The Hall–Kier alpha value is -1.46. The molecule has 5 nitrogen and oxygen atoms in total. The topological polar surface area (TPSA) is 71.2 Å². The highest BCUT2D eigenvalue weighted by Gasteiger charge is 2.16. The summed E-state index contributed by atoms with van der Waals surface area (Å²) in [6.45, 7) is 2.42. The first-order valence-electron chi connectivity index (χ1n) is 4.75. The van der Waals surface area contributed by atoms with Gasteiger partial charge in [-0.05, 0) is 26.1 Å². The Bertz CT molecular complexity index is 314. The predicted octanol–water partition coefficient (Wildman–Crippen LogP) is -0.108. The molecule has 1 atom stereocenters. The molecule has 0 bridgehead atoms. The highest BCUT2D eigenvalue weighted by Crippen LogP contribution is 2.02. The van der Waals surface area contributed by atoms with E-state index in [1.54, 1.807) is 13.1 Å². The predicted molar refractivity (Wildman–Crippen MR) is 57.5 cm³/mol. The SMILES string of the molecule is CC(C(=O)NN)N(C)Cc1ccccn1. The van der Waals surface area contributed by atoms with Crippen molar-refractivity contribution in [2.45, 2.75) is 19.5 Å². The first-order valence-corrected chi connectivity index (χ1v) is 4.75. The summed E-state index contributed by atoms with van der Waals surface area (Å²) in [6.07, 6.45) is 1.73. The summed E-state index contributed by atoms with van der Waals surface area (Å²) < 4.78 is 0. The highest BCUT2D eigenvalue weighted by molar-refractivity contribution is 5.80. The lowest BCUT2D eigenvalue weighted by Crippen LogP contribution is -2.45. The van der Waals surface area contributed by atoms with E-state index in [2.05, 4.69) is 10.4 Å². The van der Waals surface area contributed by atoms with Gasteiger partial charge in [0, 0.05) is 12.7 Å². The maximum Gasteiger partial charge on any atom is 0.250 e. The Morgan fingerprint density at radius 3 is 2.93 bits per heavy atom. The van der Waals surface area contributed by atoms with Crippen molar-refractivity contribution >= 4 is 5.91 Å². The average molecular weight is 208 g/mol. The molecular formula is C10H16N4O. The fourth-order valence-corrected chi connectivity index (χ4v) is 1.20. The van der Waals surface area contributed by atoms with E-state index in [-0.39, 0.29) is 11.9 Å². The van der Waals surface area contributed by atoms with Crippen LogP contribution in [0.3, 0.4) is 0 Å². The van der Waals surface area contributed by atoms with Gasteiger partial charge < -0.3 is 0 Å². The summed E-state index contributed by atoms with van der Waals surface area (Å²) in [6, 6.07) is 5.43. The molecule has 1 rings (SSSR count). The molecule has 82 valence electrons. The Labute approximate surface area is 89.3 Å². The second-order valence-electron chi connectivity index (χ2n) is 3.42. The van der Waals surface area contributed by atoms with Gasteiger partial charge in [0.05, 0.1) is 11.7 Å². The molecule has 0 saturated heterocycles. The first kappa shape index (κ1) is 11.6. The van der Waals surface area contributed by atoms with Crippen molar-refractivity contribution in [2.24, 2.45) is 5.84 Å². The fourth-order valence-electron chi connectivity index (χ4n) is 1.20. The number of nitrogens with two attached hydrogens (primary N) is 1. The van der Waals surface area contributed by atoms with E-state index in [0.29, 0.717) is 6.54 Å². The number of hydrogen-bond acceptors (Lipinski definition) is 4. The maximum atomic E-state index is 11.2. The molecule has 0 spiro atoms. The molecule has 0 radical (unpaired) electrons. The molecule has 1 aromatic rings. The molecule has 1 unspecified atom stereocenters. The van der Waals surface area contributed by atoms with E-state index in [0.717, 1.165) is 5.69 Å². The van der Waals surface area contributed by atoms with Gasteiger partial charge in [-0.25, -0.2) is 5.84 Å². The lowest BCUT2D eigenvalue weighted by molar-refractivity contribution is -0.125. The average Bonchev–Trinajstić information content (AvgIpc) is 2.28. The van der Waals surface area contributed by atoms with Gasteiger partial charge >= 0.3 is 0 Å². The van der Waals surface area contributed by atoms with Crippen LogP contribution in [0.4, 0.5) is 0 Å². The van der Waals surface area contributed by atoms with E-state index in [9.17, 15) is 4.79 Å². The number of aromatic nitrogens is 1. The van der Waals surface area contributed by atoms with Gasteiger partial charge in [-0.2, -0.15) is 0 Å². The molecule has 0 fully saturated rings. The summed E-state index contributed by atoms with van der Waals surface area (Å²) in [5.41, 5.74) is 3.06. The summed E-state index contributed by atoms with van der Waals surface area (Å²) in [5.74, 6) is 4.86. The van der Waals surface area contributed by atoms with Crippen molar-refractivity contribution in [1.29, 1.82) is 0 Å². The molecule has 1 amide bonds. The monoisotopic (exact) mass is 208 g/mol. The number of likely N-dealkylation sites (N-methyl/N-ethyl adjacent to an activating group) is 1. The van der Waals surface area contributed by atoms with Gasteiger partial charge in [0.1, 0.15) is 0 Å². The molecule has 3 N–H and O–H groups in total. The smallest absolute Gasteiger partial charge is 0.250 e. The van der Waals surface area contributed by atoms with Crippen LogP contribution >= 0.6 is 0 Å². The number of nitrogens with zero attached hydrogens (tertiary/aromatic N) is 2. The minimum atomic E-state index is -0.267. The molecule has 0 saturated carbocycles. The van der Waals surface area contributed by atoms with Gasteiger partial charge in [-0.15, -0.1) is 0 Å². The zero-order valence-corrected chi connectivity index (χ0v) is 8.97. The second-order valence-corrected chi connectivity index (χ2v) is 3.42. The summed E-state index contributed by atoms with van der Waals surface area (Å²) in [7, 11) is 1.86. The van der Waals surface area contributed by atoms with E-state index in [1.807, 2.05) is 30.1 Å². The molecule has 0 aliphatic heterocycles. The third-order valence-corrected chi connectivity index (χ3v) is 2.32. The number of carbonyl (C=O) groups is 1. The van der Waals surface area contributed by atoms with Crippen molar-refractivity contribution in [3.63, 3.8) is 0 Å². The highest BCUT2D eigenvalue weighted by atomic mass is 16.2. The van der Waals surface area contributed by atoms with Crippen molar-refractivity contribution in [3.8, 4) is 0 Å². The third kappa shape index (κ3) is 3.30. The summed E-state index contributed by atoms with van der Waals surface area (Å²) in [5, 5.41) is 0. The number of hydrogen-bond donors (Lipinski definition) is 2. The van der Waals surface area contributed by atoms with E-state index in [1.165, 1.54) is 0 Å². The molecule has 0 aliphatic carbocycles. The largest absolute Gasteiger partial charge is 0.293 e. The van der Waals surface area contributed by atoms with Gasteiger partial charge in [-0.1, -0.05) is 6.07 Å². The van der Waals surface area contributed by atoms with Crippen molar-refractivity contribution < 1.29 is 4.79 Å². The lowest BCUT2D eigenvalue weighted by Gasteiger charge is -2.22. The van der Waals surface area contributed by atoms with Gasteiger partial charge in [0.25, 0.3) is 5.91 Å². The van der Waals surface area contributed by atoms with E-state index in [4.69, 9.17) is 5.84 Å². The number of amides is 1. The second kappa shape index (κ2) is 5.43.